The van der Waals surface area contributed by atoms with Crippen molar-refractivity contribution in [2.24, 2.45) is 11.7 Å². The number of rotatable bonds is 5. The van der Waals surface area contributed by atoms with Crippen molar-refractivity contribution in [3.8, 4) is 0 Å². The number of methoxy groups -OCH3 is 1. The number of nitrogens with zero attached hydrogens (tertiary/aromatic N) is 2. The van der Waals surface area contributed by atoms with Crippen LogP contribution in [0.1, 0.15) is 36.2 Å². The molecule has 5 nitrogen and oxygen atoms in total. The van der Waals surface area contributed by atoms with Crippen LogP contribution in [0.4, 0.5) is 0 Å². The molecular formula is C13H20ClN3O2. The molecule has 1 saturated carbocycles. The molecule has 19 heavy (non-hydrogen) atoms. The monoisotopic (exact) mass is 285 g/mol. The summed E-state index contributed by atoms with van der Waals surface area (Å²) in [6.07, 6.45) is 5.15. The minimum absolute atomic E-state index is 0.0285. The maximum atomic E-state index is 12.6. The number of nitrogens with two attached hydrogens (primary N) is 1. The van der Waals surface area contributed by atoms with Crippen LogP contribution in [0.5, 0.6) is 0 Å². The summed E-state index contributed by atoms with van der Waals surface area (Å²) in [5.74, 6) is 0.0352. The second kappa shape index (κ2) is 6.50. The lowest BCUT2D eigenvalue weighted by Crippen LogP contribution is -2.32. The molecule has 0 radical (unpaired) electrons. The minimum atomic E-state index is -0.0285. The van der Waals surface area contributed by atoms with Crippen molar-refractivity contribution >= 4 is 17.4 Å². The topological polar surface area (TPSA) is 70.1 Å². The Balaban J connectivity index is 2.15. The molecule has 1 aliphatic rings. The Hall–Kier alpha value is -0.910. The van der Waals surface area contributed by atoms with E-state index in [9.17, 15) is 4.79 Å². The predicted octanol–water partition coefficient (Wildman–Crippen LogP) is 1.88. The highest BCUT2D eigenvalue weighted by Crippen LogP contribution is 2.28. The average Bonchev–Trinajstić information content (AvgIpc) is 2.76. The van der Waals surface area contributed by atoms with E-state index in [2.05, 4.69) is 5.10 Å². The van der Waals surface area contributed by atoms with Gasteiger partial charge in [-0.2, -0.15) is 5.10 Å². The van der Waals surface area contributed by atoms with Gasteiger partial charge in [-0.3, -0.25) is 9.48 Å². The van der Waals surface area contributed by atoms with Crippen LogP contribution in [0.2, 0.25) is 5.02 Å². The molecule has 1 heterocycles. The van der Waals surface area contributed by atoms with E-state index in [1.165, 1.54) is 6.20 Å². The molecule has 0 bridgehead atoms. The molecule has 0 aliphatic heterocycles. The van der Waals surface area contributed by atoms with E-state index >= 15 is 0 Å². The highest BCUT2D eigenvalue weighted by Gasteiger charge is 2.29. The molecule has 6 heteroatoms. The average molecular weight is 286 g/mol. The zero-order valence-electron chi connectivity index (χ0n) is 11.1. The van der Waals surface area contributed by atoms with Gasteiger partial charge >= 0.3 is 0 Å². The van der Waals surface area contributed by atoms with Crippen molar-refractivity contribution in [2.45, 2.75) is 38.3 Å². The second-order valence-corrected chi connectivity index (χ2v) is 5.45. The standard InChI is InChI=1S/C13H20ClN3O2/c1-19-6-5-17-12(11(14)8-16-17)13(18)9-3-2-4-10(15)7-9/h8-10H,2-7,15H2,1H3. The third-order valence-corrected chi connectivity index (χ3v) is 3.90. The van der Waals surface area contributed by atoms with Crippen molar-refractivity contribution in [3.05, 3.63) is 16.9 Å². The molecule has 2 N–H and O–H groups in total. The van der Waals surface area contributed by atoms with E-state index < -0.39 is 0 Å². The van der Waals surface area contributed by atoms with Crippen LogP contribution in [-0.4, -0.2) is 35.3 Å². The largest absolute Gasteiger partial charge is 0.383 e. The first-order valence-electron chi connectivity index (χ1n) is 6.63. The Morgan fingerprint density at radius 1 is 1.63 bits per heavy atom. The fraction of sp³-hybridized carbons (Fsp3) is 0.692. The van der Waals surface area contributed by atoms with Gasteiger partial charge in [0.25, 0.3) is 0 Å². The summed E-state index contributed by atoms with van der Waals surface area (Å²) in [5.41, 5.74) is 6.44. The van der Waals surface area contributed by atoms with E-state index in [1.807, 2.05) is 0 Å². The summed E-state index contributed by atoms with van der Waals surface area (Å²) in [4.78, 5) is 12.6. The van der Waals surface area contributed by atoms with Crippen molar-refractivity contribution in [3.63, 3.8) is 0 Å². The van der Waals surface area contributed by atoms with Crippen LogP contribution < -0.4 is 5.73 Å². The van der Waals surface area contributed by atoms with Crippen LogP contribution >= 0.6 is 11.6 Å². The van der Waals surface area contributed by atoms with Crippen LogP contribution in [0.15, 0.2) is 6.20 Å². The van der Waals surface area contributed by atoms with E-state index in [4.69, 9.17) is 22.1 Å². The first-order valence-corrected chi connectivity index (χ1v) is 7.01. The summed E-state index contributed by atoms with van der Waals surface area (Å²) >= 11 is 6.10. The van der Waals surface area contributed by atoms with Gasteiger partial charge in [-0.15, -0.1) is 0 Å². The van der Waals surface area contributed by atoms with Gasteiger partial charge in [-0.05, 0) is 19.3 Å². The molecule has 0 aromatic carbocycles. The van der Waals surface area contributed by atoms with Gasteiger partial charge in [0, 0.05) is 19.1 Å². The lowest BCUT2D eigenvalue weighted by atomic mass is 9.82. The van der Waals surface area contributed by atoms with Crippen molar-refractivity contribution in [1.82, 2.24) is 9.78 Å². The van der Waals surface area contributed by atoms with Crippen molar-refractivity contribution in [2.75, 3.05) is 13.7 Å². The maximum absolute atomic E-state index is 12.6. The number of halogens is 1. The van der Waals surface area contributed by atoms with Gasteiger partial charge in [0.05, 0.1) is 24.4 Å². The summed E-state index contributed by atoms with van der Waals surface area (Å²) in [6.45, 7) is 1.03. The molecule has 1 fully saturated rings. The number of Topliss-reactive ketones (excluding diaryl/α,β-unsaturated/α-hetero) is 1. The molecule has 0 amide bonds. The van der Waals surface area contributed by atoms with Gasteiger partial charge in [-0.1, -0.05) is 18.0 Å². The Morgan fingerprint density at radius 3 is 3.11 bits per heavy atom. The van der Waals surface area contributed by atoms with Crippen LogP contribution in [0, 0.1) is 5.92 Å². The van der Waals surface area contributed by atoms with Gasteiger partial charge in [0.1, 0.15) is 5.69 Å². The Kier molecular flexibility index (Phi) is 4.96. The highest BCUT2D eigenvalue weighted by molar-refractivity contribution is 6.33. The Morgan fingerprint density at radius 2 is 2.42 bits per heavy atom. The molecule has 0 saturated heterocycles. The fourth-order valence-electron chi connectivity index (χ4n) is 2.61. The van der Waals surface area contributed by atoms with Crippen LogP contribution in [0.3, 0.4) is 0 Å². The zero-order chi connectivity index (χ0) is 13.8. The summed E-state index contributed by atoms with van der Waals surface area (Å²) in [6, 6.07) is 0.122. The first kappa shape index (κ1) is 14.5. The zero-order valence-corrected chi connectivity index (χ0v) is 11.9. The minimum Gasteiger partial charge on any atom is -0.383 e. The molecular weight excluding hydrogens is 266 g/mol. The lowest BCUT2D eigenvalue weighted by Gasteiger charge is -2.25. The second-order valence-electron chi connectivity index (χ2n) is 5.04. The van der Waals surface area contributed by atoms with E-state index in [0.29, 0.717) is 23.9 Å². The molecule has 1 aliphatic carbocycles. The number of hydrogen-bond donors (Lipinski definition) is 1. The van der Waals surface area contributed by atoms with Gasteiger partial charge in [0.2, 0.25) is 0 Å². The van der Waals surface area contributed by atoms with E-state index in [-0.39, 0.29) is 17.7 Å². The maximum Gasteiger partial charge on any atom is 0.185 e. The molecule has 0 spiro atoms. The lowest BCUT2D eigenvalue weighted by molar-refractivity contribution is 0.0867. The first-order chi connectivity index (χ1) is 9.13. The van der Waals surface area contributed by atoms with Crippen LogP contribution in [-0.2, 0) is 11.3 Å². The number of carbonyl (C=O) groups excluding carboxylic acids is 1. The Labute approximate surface area is 118 Å². The number of carbonyl (C=O) groups is 1. The van der Waals surface area contributed by atoms with Gasteiger partial charge in [-0.25, -0.2) is 0 Å². The van der Waals surface area contributed by atoms with Crippen molar-refractivity contribution < 1.29 is 9.53 Å². The SMILES string of the molecule is COCCn1ncc(Cl)c1C(=O)C1CCCC(N)C1. The number of ketones is 1. The smallest absolute Gasteiger partial charge is 0.185 e. The number of aromatic nitrogens is 2. The summed E-state index contributed by atoms with van der Waals surface area (Å²) in [7, 11) is 1.62. The highest BCUT2D eigenvalue weighted by atomic mass is 35.5. The summed E-state index contributed by atoms with van der Waals surface area (Å²) in [5, 5.41) is 4.56. The predicted molar refractivity (Wildman–Crippen MR) is 73.4 cm³/mol. The molecule has 106 valence electrons. The summed E-state index contributed by atoms with van der Waals surface area (Å²) < 4.78 is 6.65. The molecule has 1 aromatic rings. The van der Waals surface area contributed by atoms with Gasteiger partial charge in [0.15, 0.2) is 5.78 Å². The normalized spacial score (nSPS) is 23.5. The molecule has 2 rings (SSSR count). The molecule has 1 aromatic heterocycles. The Bertz CT molecular complexity index is 447. The van der Waals surface area contributed by atoms with Crippen LogP contribution in [0.25, 0.3) is 0 Å². The van der Waals surface area contributed by atoms with E-state index in [0.717, 1.165) is 25.7 Å². The third kappa shape index (κ3) is 3.35. The number of hydrogen-bond acceptors (Lipinski definition) is 4. The fourth-order valence-corrected chi connectivity index (χ4v) is 2.85. The van der Waals surface area contributed by atoms with Gasteiger partial charge < -0.3 is 10.5 Å². The number of ether oxygens (including phenoxy) is 1. The van der Waals surface area contributed by atoms with Crippen molar-refractivity contribution in [1.29, 1.82) is 0 Å². The molecule has 2 unspecified atom stereocenters. The third-order valence-electron chi connectivity index (χ3n) is 3.62. The van der Waals surface area contributed by atoms with E-state index in [1.54, 1.807) is 11.8 Å². The molecule has 2 atom stereocenters. The quantitative estimate of drug-likeness (QED) is 0.839.